The first-order chi connectivity index (χ1) is 6.83. The minimum absolute atomic E-state index is 0.369. The number of hydrogen-bond donors (Lipinski definition) is 0. The van der Waals surface area contributed by atoms with Gasteiger partial charge in [-0.05, 0) is 12.1 Å². The van der Waals surface area contributed by atoms with Crippen LogP contribution in [0.25, 0.3) is 0 Å². The van der Waals surface area contributed by atoms with E-state index in [1.807, 2.05) is 0 Å². The first-order valence-corrected chi connectivity index (χ1v) is 4.19. The molecule has 0 spiro atoms. The van der Waals surface area contributed by atoms with Crippen LogP contribution in [0.3, 0.4) is 0 Å². The zero-order valence-electron chi connectivity index (χ0n) is 8.03. The van der Waals surface area contributed by atoms with Gasteiger partial charge in [-0.2, -0.15) is 0 Å². The van der Waals surface area contributed by atoms with Gasteiger partial charge >= 0.3 is 0 Å². The van der Waals surface area contributed by atoms with Crippen molar-refractivity contribution in [2.45, 2.75) is 0 Å². The molecule has 0 aromatic heterocycles. The third kappa shape index (κ3) is 2.13. The van der Waals surface area contributed by atoms with Crippen molar-refractivity contribution >= 4 is 6.29 Å². The Labute approximate surface area is 83.0 Å². The molecule has 0 bridgehead atoms. The summed E-state index contributed by atoms with van der Waals surface area (Å²) in [5.74, 6) is 1.03. The van der Waals surface area contributed by atoms with E-state index >= 15 is 0 Å². The molecule has 0 heterocycles. The minimum atomic E-state index is 0.369. The maximum absolute atomic E-state index is 10.8. The summed E-state index contributed by atoms with van der Waals surface area (Å²) >= 11 is 0. The van der Waals surface area contributed by atoms with Crippen molar-refractivity contribution in [1.29, 1.82) is 0 Å². The second kappa shape index (κ2) is 5.07. The van der Waals surface area contributed by atoms with E-state index in [4.69, 9.17) is 9.47 Å². The number of aldehydes is 1. The second-order valence-corrected chi connectivity index (χ2v) is 2.59. The van der Waals surface area contributed by atoms with Crippen LogP contribution in [-0.2, 0) is 0 Å². The number of ether oxygens (including phenoxy) is 2. The summed E-state index contributed by atoms with van der Waals surface area (Å²) in [6.45, 7) is 3.90. The van der Waals surface area contributed by atoms with Crippen LogP contribution in [0.1, 0.15) is 10.4 Å². The molecule has 0 radical (unpaired) electrons. The maximum atomic E-state index is 10.8. The Bertz CT molecular complexity index is 331. The molecule has 74 valence electrons. The molecule has 3 heteroatoms. The van der Waals surface area contributed by atoms with E-state index in [9.17, 15) is 4.79 Å². The van der Waals surface area contributed by atoms with Crippen LogP contribution in [0.15, 0.2) is 30.9 Å². The first kappa shape index (κ1) is 10.3. The van der Waals surface area contributed by atoms with Crippen molar-refractivity contribution in [3.63, 3.8) is 0 Å². The molecular weight excluding hydrogens is 180 g/mol. The summed E-state index contributed by atoms with van der Waals surface area (Å²) in [5.41, 5.74) is 0.428. The highest BCUT2D eigenvalue weighted by atomic mass is 16.5. The van der Waals surface area contributed by atoms with E-state index < -0.39 is 0 Å². The third-order valence-corrected chi connectivity index (χ3v) is 1.72. The SMILES string of the molecule is C=CCOc1cccc(OC)c1C=O. The first-order valence-electron chi connectivity index (χ1n) is 4.19. The van der Waals surface area contributed by atoms with Gasteiger partial charge in [-0.3, -0.25) is 4.79 Å². The number of benzene rings is 1. The van der Waals surface area contributed by atoms with Crippen molar-refractivity contribution < 1.29 is 14.3 Å². The zero-order chi connectivity index (χ0) is 10.4. The van der Waals surface area contributed by atoms with Crippen LogP contribution in [0, 0.1) is 0 Å². The normalized spacial score (nSPS) is 9.21. The van der Waals surface area contributed by atoms with Gasteiger partial charge in [-0.25, -0.2) is 0 Å². The average Bonchev–Trinajstić information content (AvgIpc) is 2.25. The maximum Gasteiger partial charge on any atom is 0.157 e. The predicted octanol–water partition coefficient (Wildman–Crippen LogP) is 2.07. The number of rotatable bonds is 5. The van der Waals surface area contributed by atoms with Gasteiger partial charge in [-0.1, -0.05) is 18.7 Å². The Balaban J connectivity index is 3.01. The number of carbonyl (C=O) groups is 1. The van der Waals surface area contributed by atoms with Crippen LogP contribution in [-0.4, -0.2) is 20.0 Å². The van der Waals surface area contributed by atoms with Crippen LogP contribution in [0.5, 0.6) is 11.5 Å². The highest BCUT2D eigenvalue weighted by molar-refractivity contribution is 5.83. The van der Waals surface area contributed by atoms with Crippen molar-refractivity contribution in [3.8, 4) is 11.5 Å². The Kier molecular flexibility index (Phi) is 3.73. The van der Waals surface area contributed by atoms with Gasteiger partial charge in [-0.15, -0.1) is 0 Å². The fourth-order valence-corrected chi connectivity index (χ4v) is 1.09. The van der Waals surface area contributed by atoms with E-state index in [0.29, 0.717) is 23.7 Å². The van der Waals surface area contributed by atoms with E-state index in [-0.39, 0.29) is 0 Å². The van der Waals surface area contributed by atoms with E-state index in [2.05, 4.69) is 6.58 Å². The van der Waals surface area contributed by atoms with Gasteiger partial charge in [0, 0.05) is 0 Å². The molecule has 3 nitrogen and oxygen atoms in total. The van der Waals surface area contributed by atoms with Crippen molar-refractivity contribution in [2.24, 2.45) is 0 Å². The molecule has 0 saturated heterocycles. The lowest BCUT2D eigenvalue weighted by Gasteiger charge is -2.09. The molecule has 0 aliphatic carbocycles. The number of methoxy groups -OCH3 is 1. The van der Waals surface area contributed by atoms with E-state index in [1.54, 1.807) is 24.3 Å². The molecule has 0 unspecified atom stereocenters. The minimum Gasteiger partial charge on any atom is -0.496 e. The average molecular weight is 192 g/mol. The highest BCUT2D eigenvalue weighted by Crippen LogP contribution is 2.26. The van der Waals surface area contributed by atoms with Crippen LogP contribution in [0.4, 0.5) is 0 Å². The van der Waals surface area contributed by atoms with Gasteiger partial charge in [0.1, 0.15) is 18.1 Å². The fraction of sp³-hybridized carbons (Fsp3) is 0.182. The fourth-order valence-electron chi connectivity index (χ4n) is 1.09. The summed E-state index contributed by atoms with van der Waals surface area (Å²) in [6.07, 6.45) is 2.34. The molecule has 0 N–H and O–H groups in total. The summed E-state index contributed by atoms with van der Waals surface area (Å²) in [7, 11) is 1.51. The standard InChI is InChI=1S/C11H12O3/c1-3-7-14-11-6-4-5-10(13-2)9(11)8-12/h3-6,8H,1,7H2,2H3. The second-order valence-electron chi connectivity index (χ2n) is 2.59. The highest BCUT2D eigenvalue weighted by Gasteiger charge is 2.07. The van der Waals surface area contributed by atoms with Crippen molar-refractivity contribution in [1.82, 2.24) is 0 Å². The van der Waals surface area contributed by atoms with Gasteiger partial charge in [0.25, 0.3) is 0 Å². The van der Waals surface area contributed by atoms with Crippen LogP contribution in [0.2, 0.25) is 0 Å². The lowest BCUT2D eigenvalue weighted by molar-refractivity contribution is 0.111. The quantitative estimate of drug-likeness (QED) is 0.529. The summed E-state index contributed by atoms with van der Waals surface area (Å²) < 4.78 is 10.3. The van der Waals surface area contributed by atoms with Crippen LogP contribution < -0.4 is 9.47 Å². The third-order valence-electron chi connectivity index (χ3n) is 1.72. The molecule has 14 heavy (non-hydrogen) atoms. The molecular formula is C11H12O3. The lowest BCUT2D eigenvalue weighted by atomic mass is 10.2. The Morgan fingerprint density at radius 2 is 2.14 bits per heavy atom. The molecule has 1 rings (SSSR count). The molecule has 0 aliphatic heterocycles. The van der Waals surface area contributed by atoms with E-state index in [0.717, 1.165) is 6.29 Å². The number of carbonyl (C=O) groups excluding carboxylic acids is 1. The molecule has 0 amide bonds. The molecule has 0 fully saturated rings. The van der Waals surface area contributed by atoms with Crippen LogP contribution >= 0.6 is 0 Å². The van der Waals surface area contributed by atoms with Crippen molar-refractivity contribution in [2.75, 3.05) is 13.7 Å². The smallest absolute Gasteiger partial charge is 0.157 e. The molecule has 0 saturated carbocycles. The predicted molar refractivity (Wildman–Crippen MR) is 54.1 cm³/mol. The van der Waals surface area contributed by atoms with Gasteiger partial charge < -0.3 is 9.47 Å². The topological polar surface area (TPSA) is 35.5 Å². The summed E-state index contributed by atoms with van der Waals surface area (Å²) in [6, 6.07) is 5.20. The van der Waals surface area contributed by atoms with Gasteiger partial charge in [0.15, 0.2) is 6.29 Å². The van der Waals surface area contributed by atoms with Gasteiger partial charge in [0.2, 0.25) is 0 Å². The summed E-state index contributed by atoms with van der Waals surface area (Å²) in [5, 5.41) is 0. The zero-order valence-corrected chi connectivity index (χ0v) is 8.03. The number of hydrogen-bond acceptors (Lipinski definition) is 3. The Hall–Kier alpha value is -1.77. The van der Waals surface area contributed by atoms with Crippen molar-refractivity contribution in [3.05, 3.63) is 36.4 Å². The monoisotopic (exact) mass is 192 g/mol. The lowest BCUT2D eigenvalue weighted by Crippen LogP contribution is -1.98. The Morgan fingerprint density at radius 3 is 2.71 bits per heavy atom. The molecule has 1 aromatic rings. The van der Waals surface area contributed by atoms with E-state index in [1.165, 1.54) is 7.11 Å². The summed E-state index contributed by atoms with van der Waals surface area (Å²) in [4.78, 5) is 10.8. The molecule has 0 aliphatic rings. The molecule has 1 aromatic carbocycles. The molecule has 0 atom stereocenters. The van der Waals surface area contributed by atoms with Gasteiger partial charge in [0.05, 0.1) is 12.7 Å². The Morgan fingerprint density at radius 1 is 1.43 bits per heavy atom. The largest absolute Gasteiger partial charge is 0.496 e.